The zero-order valence-electron chi connectivity index (χ0n) is 7.69. The van der Waals surface area contributed by atoms with Gasteiger partial charge < -0.3 is 10.3 Å². The number of amides is 1. The lowest BCUT2D eigenvalue weighted by atomic mass is 10.3. The molecule has 0 fully saturated rings. The second-order valence-electron chi connectivity index (χ2n) is 3.04. The molecule has 0 saturated heterocycles. The molecule has 2 aromatic rings. The first-order valence-electron chi connectivity index (χ1n) is 4.15. The first kappa shape index (κ1) is 8.55. The number of nitrogens with two attached hydrogens (primary N) is 1. The molecule has 3 N–H and O–H groups in total. The molecular formula is C9H10N4O. The van der Waals surface area contributed by atoms with Crippen LogP contribution in [0.1, 0.15) is 10.5 Å². The van der Waals surface area contributed by atoms with Crippen LogP contribution in [0.5, 0.6) is 0 Å². The molecule has 5 heteroatoms. The van der Waals surface area contributed by atoms with Crippen LogP contribution in [-0.2, 0) is 7.05 Å². The molecule has 0 aromatic carbocycles. The maximum atomic E-state index is 10.8. The third-order valence-electron chi connectivity index (χ3n) is 2.05. The van der Waals surface area contributed by atoms with Gasteiger partial charge in [0.25, 0.3) is 5.91 Å². The van der Waals surface area contributed by atoms with Gasteiger partial charge in [-0.15, -0.1) is 0 Å². The van der Waals surface area contributed by atoms with Crippen LogP contribution < -0.4 is 5.73 Å². The van der Waals surface area contributed by atoms with Crippen molar-refractivity contribution in [3.8, 4) is 11.4 Å². The predicted octanol–water partition coefficient (Wildman–Crippen LogP) is 0.514. The number of hydrogen-bond acceptors (Lipinski definition) is 2. The summed E-state index contributed by atoms with van der Waals surface area (Å²) in [6, 6.07) is 5.46. The van der Waals surface area contributed by atoms with Gasteiger partial charge in [0.1, 0.15) is 11.4 Å². The lowest BCUT2D eigenvalue weighted by Gasteiger charge is -1.96. The van der Waals surface area contributed by atoms with E-state index in [1.54, 1.807) is 6.07 Å². The van der Waals surface area contributed by atoms with Gasteiger partial charge in [-0.1, -0.05) is 0 Å². The Hall–Kier alpha value is -2.04. The monoisotopic (exact) mass is 190 g/mol. The number of carbonyl (C=O) groups is 1. The number of aryl methyl sites for hydroxylation is 1. The molecular weight excluding hydrogens is 180 g/mol. The van der Waals surface area contributed by atoms with Crippen molar-refractivity contribution in [2.45, 2.75) is 0 Å². The van der Waals surface area contributed by atoms with Crippen LogP contribution in [0.3, 0.4) is 0 Å². The van der Waals surface area contributed by atoms with Gasteiger partial charge in [-0.05, 0) is 18.2 Å². The standard InChI is InChI=1S/C9H10N4O/c1-13-4-2-3-8(13)6-5-7(9(10)14)12-11-6/h2-5H,1H3,(H2,10,14)(H,11,12). The van der Waals surface area contributed by atoms with Gasteiger partial charge in [-0.3, -0.25) is 9.89 Å². The average molecular weight is 190 g/mol. The van der Waals surface area contributed by atoms with Gasteiger partial charge in [0.2, 0.25) is 0 Å². The third-order valence-corrected chi connectivity index (χ3v) is 2.05. The molecule has 0 unspecified atom stereocenters. The van der Waals surface area contributed by atoms with Crippen molar-refractivity contribution in [3.63, 3.8) is 0 Å². The van der Waals surface area contributed by atoms with Crippen molar-refractivity contribution < 1.29 is 4.79 Å². The molecule has 0 radical (unpaired) electrons. The van der Waals surface area contributed by atoms with Gasteiger partial charge >= 0.3 is 0 Å². The fraction of sp³-hybridized carbons (Fsp3) is 0.111. The van der Waals surface area contributed by atoms with Crippen molar-refractivity contribution in [2.24, 2.45) is 12.8 Å². The van der Waals surface area contributed by atoms with Gasteiger partial charge in [0.05, 0.1) is 5.69 Å². The van der Waals surface area contributed by atoms with E-state index in [1.807, 2.05) is 29.9 Å². The van der Waals surface area contributed by atoms with E-state index >= 15 is 0 Å². The summed E-state index contributed by atoms with van der Waals surface area (Å²) >= 11 is 0. The molecule has 2 aromatic heterocycles. The summed E-state index contributed by atoms with van der Waals surface area (Å²) in [5.41, 5.74) is 7.07. The van der Waals surface area contributed by atoms with E-state index in [4.69, 9.17) is 5.73 Å². The number of hydrogen-bond donors (Lipinski definition) is 2. The lowest BCUT2D eigenvalue weighted by Crippen LogP contribution is -2.10. The predicted molar refractivity (Wildman–Crippen MR) is 51.5 cm³/mol. The minimum Gasteiger partial charge on any atom is -0.364 e. The van der Waals surface area contributed by atoms with E-state index < -0.39 is 5.91 Å². The van der Waals surface area contributed by atoms with Crippen molar-refractivity contribution in [2.75, 3.05) is 0 Å². The number of nitrogens with one attached hydrogen (secondary N) is 1. The Kier molecular flexibility index (Phi) is 1.85. The number of H-pyrrole nitrogens is 1. The Morgan fingerprint density at radius 1 is 1.64 bits per heavy atom. The Morgan fingerprint density at radius 3 is 2.93 bits per heavy atom. The molecule has 0 spiro atoms. The van der Waals surface area contributed by atoms with Gasteiger partial charge in [-0.2, -0.15) is 5.10 Å². The molecule has 0 bridgehead atoms. The molecule has 0 atom stereocenters. The first-order chi connectivity index (χ1) is 6.68. The maximum Gasteiger partial charge on any atom is 0.266 e. The Balaban J connectivity index is 2.43. The summed E-state index contributed by atoms with van der Waals surface area (Å²) in [5, 5.41) is 6.58. The average Bonchev–Trinajstić information content (AvgIpc) is 2.71. The molecule has 0 aliphatic rings. The van der Waals surface area contributed by atoms with Crippen LogP contribution in [0.2, 0.25) is 0 Å². The molecule has 14 heavy (non-hydrogen) atoms. The smallest absolute Gasteiger partial charge is 0.266 e. The highest BCUT2D eigenvalue weighted by Crippen LogP contribution is 2.16. The van der Waals surface area contributed by atoms with Gasteiger partial charge in [0, 0.05) is 13.2 Å². The zero-order chi connectivity index (χ0) is 10.1. The number of rotatable bonds is 2. The number of aromatic nitrogens is 3. The van der Waals surface area contributed by atoms with Crippen LogP contribution in [0.4, 0.5) is 0 Å². The summed E-state index contributed by atoms with van der Waals surface area (Å²) in [6.45, 7) is 0. The third kappa shape index (κ3) is 1.28. The Bertz CT molecular complexity index is 469. The largest absolute Gasteiger partial charge is 0.364 e. The van der Waals surface area contributed by atoms with Crippen LogP contribution in [0, 0.1) is 0 Å². The fourth-order valence-electron chi connectivity index (χ4n) is 1.31. The van der Waals surface area contributed by atoms with E-state index in [-0.39, 0.29) is 0 Å². The summed E-state index contributed by atoms with van der Waals surface area (Å²) in [4.78, 5) is 10.8. The van der Waals surface area contributed by atoms with Crippen LogP contribution in [-0.4, -0.2) is 20.7 Å². The molecule has 0 saturated carbocycles. The van der Waals surface area contributed by atoms with E-state index in [9.17, 15) is 4.79 Å². The van der Waals surface area contributed by atoms with E-state index in [0.29, 0.717) is 11.4 Å². The maximum absolute atomic E-state index is 10.8. The van der Waals surface area contributed by atoms with Crippen molar-refractivity contribution in [3.05, 3.63) is 30.1 Å². The number of carbonyl (C=O) groups excluding carboxylic acids is 1. The molecule has 1 amide bonds. The second-order valence-corrected chi connectivity index (χ2v) is 3.04. The highest BCUT2D eigenvalue weighted by molar-refractivity contribution is 5.91. The zero-order valence-corrected chi connectivity index (χ0v) is 7.69. The minimum absolute atomic E-state index is 0.321. The Labute approximate surface area is 80.5 Å². The van der Waals surface area contributed by atoms with Crippen molar-refractivity contribution in [1.82, 2.24) is 14.8 Å². The van der Waals surface area contributed by atoms with Crippen molar-refractivity contribution in [1.29, 1.82) is 0 Å². The SMILES string of the molecule is Cn1cccc1-c1cc(C(N)=O)[nH]n1. The molecule has 5 nitrogen and oxygen atoms in total. The summed E-state index contributed by atoms with van der Waals surface area (Å²) in [5.74, 6) is -0.502. The van der Waals surface area contributed by atoms with Gasteiger partial charge in [-0.25, -0.2) is 0 Å². The molecule has 72 valence electrons. The number of primary amides is 1. The Morgan fingerprint density at radius 2 is 2.43 bits per heavy atom. The quantitative estimate of drug-likeness (QED) is 0.724. The van der Waals surface area contributed by atoms with E-state index in [0.717, 1.165) is 5.69 Å². The number of aromatic amines is 1. The molecule has 0 aliphatic heterocycles. The van der Waals surface area contributed by atoms with E-state index in [2.05, 4.69) is 10.2 Å². The second kappa shape index (κ2) is 3.02. The molecule has 2 rings (SSSR count). The normalized spacial score (nSPS) is 10.4. The minimum atomic E-state index is -0.502. The molecule has 2 heterocycles. The fourth-order valence-corrected chi connectivity index (χ4v) is 1.31. The summed E-state index contributed by atoms with van der Waals surface area (Å²) in [7, 11) is 1.91. The van der Waals surface area contributed by atoms with Crippen LogP contribution in [0.15, 0.2) is 24.4 Å². The first-order valence-corrected chi connectivity index (χ1v) is 4.15. The van der Waals surface area contributed by atoms with Crippen molar-refractivity contribution >= 4 is 5.91 Å². The van der Waals surface area contributed by atoms with Crippen LogP contribution in [0.25, 0.3) is 11.4 Å². The van der Waals surface area contributed by atoms with Gasteiger partial charge in [0.15, 0.2) is 0 Å². The number of nitrogens with zero attached hydrogens (tertiary/aromatic N) is 2. The van der Waals surface area contributed by atoms with Crippen LogP contribution >= 0.6 is 0 Å². The lowest BCUT2D eigenvalue weighted by molar-refractivity contribution is 0.0995. The van der Waals surface area contributed by atoms with E-state index in [1.165, 1.54) is 0 Å². The summed E-state index contributed by atoms with van der Waals surface area (Å²) in [6.07, 6.45) is 1.91. The topological polar surface area (TPSA) is 76.7 Å². The molecule has 0 aliphatic carbocycles. The highest BCUT2D eigenvalue weighted by Gasteiger charge is 2.08. The highest BCUT2D eigenvalue weighted by atomic mass is 16.1. The summed E-state index contributed by atoms with van der Waals surface area (Å²) < 4.78 is 1.92.